The monoisotopic (exact) mass is 319 g/mol. The van der Waals surface area contributed by atoms with Crippen molar-refractivity contribution in [3.05, 3.63) is 42.0 Å². The molecule has 128 valence electrons. The maximum absolute atomic E-state index is 11.7. The first-order chi connectivity index (χ1) is 10.9. The lowest BCUT2D eigenvalue weighted by Crippen LogP contribution is -2.17. The molecular weight excluding hydrogens is 290 g/mol. The average molecular weight is 319 g/mol. The van der Waals surface area contributed by atoms with Crippen LogP contribution in [0.3, 0.4) is 0 Å². The van der Waals surface area contributed by atoms with E-state index in [0.29, 0.717) is 6.61 Å². The molecule has 23 heavy (non-hydrogen) atoms. The summed E-state index contributed by atoms with van der Waals surface area (Å²) in [6, 6.07) is 8.09. The van der Waals surface area contributed by atoms with E-state index in [1.54, 1.807) is 7.05 Å². The molecule has 0 heterocycles. The number of carbonyl (C=O) groups excluding carboxylic acids is 2. The van der Waals surface area contributed by atoms with Crippen molar-refractivity contribution < 1.29 is 14.3 Å². The Morgan fingerprint density at radius 2 is 1.87 bits per heavy atom. The number of ether oxygens (including phenoxy) is 1. The van der Waals surface area contributed by atoms with Gasteiger partial charge in [-0.1, -0.05) is 57.2 Å². The Morgan fingerprint density at radius 1 is 1.30 bits per heavy atom. The number of rotatable bonds is 7. The molecule has 0 aliphatic carbocycles. The summed E-state index contributed by atoms with van der Waals surface area (Å²) in [6.45, 7) is 9.72. The standard InChI is InChI=1S/C16H22O2.C3H7NO/c1-4-6-11-18-16(17)13(3)12-15-9-7-14(5-2)8-10-15;1-3(5)4-2/h5,7-10,13H,2,4,6,11-12H2,1,3H3;1-2H3,(H,4,5). The second kappa shape index (κ2) is 12.4. The van der Waals surface area contributed by atoms with Crippen molar-refractivity contribution in [1.29, 1.82) is 0 Å². The third-order valence-corrected chi connectivity index (χ3v) is 3.25. The number of esters is 1. The summed E-state index contributed by atoms with van der Waals surface area (Å²) in [5, 5.41) is 2.39. The molecule has 0 radical (unpaired) electrons. The van der Waals surface area contributed by atoms with Gasteiger partial charge >= 0.3 is 5.97 Å². The fraction of sp³-hybridized carbons (Fsp3) is 0.474. The second-order valence-electron chi connectivity index (χ2n) is 5.38. The summed E-state index contributed by atoms with van der Waals surface area (Å²) < 4.78 is 5.21. The summed E-state index contributed by atoms with van der Waals surface area (Å²) in [7, 11) is 1.60. The van der Waals surface area contributed by atoms with Crippen molar-refractivity contribution in [3.63, 3.8) is 0 Å². The number of amides is 1. The average Bonchev–Trinajstić information content (AvgIpc) is 2.56. The van der Waals surface area contributed by atoms with Crippen LogP contribution in [-0.4, -0.2) is 25.5 Å². The van der Waals surface area contributed by atoms with Gasteiger partial charge in [0.25, 0.3) is 0 Å². The zero-order valence-electron chi connectivity index (χ0n) is 14.7. The predicted octanol–water partition coefficient (Wildman–Crippen LogP) is 3.60. The van der Waals surface area contributed by atoms with Crippen LogP contribution in [0.4, 0.5) is 0 Å². The van der Waals surface area contributed by atoms with E-state index in [4.69, 9.17) is 4.74 Å². The molecule has 1 unspecified atom stereocenters. The largest absolute Gasteiger partial charge is 0.465 e. The van der Waals surface area contributed by atoms with Gasteiger partial charge in [-0.15, -0.1) is 0 Å². The molecule has 1 atom stereocenters. The molecule has 0 fully saturated rings. The lowest BCUT2D eigenvalue weighted by atomic mass is 10.0. The smallest absolute Gasteiger partial charge is 0.308 e. The Labute approximate surface area is 139 Å². The molecule has 0 aliphatic rings. The van der Waals surface area contributed by atoms with E-state index in [1.807, 2.05) is 37.3 Å². The Morgan fingerprint density at radius 3 is 2.30 bits per heavy atom. The topological polar surface area (TPSA) is 55.4 Å². The van der Waals surface area contributed by atoms with Crippen molar-refractivity contribution >= 4 is 18.0 Å². The minimum Gasteiger partial charge on any atom is -0.465 e. The molecule has 1 rings (SSSR count). The van der Waals surface area contributed by atoms with Crippen LogP contribution in [0.1, 0.15) is 44.7 Å². The fourth-order valence-electron chi connectivity index (χ4n) is 1.69. The van der Waals surface area contributed by atoms with Crippen molar-refractivity contribution in [2.45, 2.75) is 40.0 Å². The molecule has 0 spiro atoms. The third kappa shape index (κ3) is 10.3. The van der Waals surface area contributed by atoms with Gasteiger partial charge in [-0.05, 0) is 24.0 Å². The molecule has 0 saturated carbocycles. The van der Waals surface area contributed by atoms with Crippen LogP contribution < -0.4 is 5.32 Å². The molecule has 1 aromatic rings. The lowest BCUT2D eigenvalue weighted by molar-refractivity contribution is -0.148. The minimum atomic E-state index is -0.101. The zero-order valence-corrected chi connectivity index (χ0v) is 14.7. The maximum atomic E-state index is 11.7. The van der Waals surface area contributed by atoms with E-state index in [-0.39, 0.29) is 17.8 Å². The number of benzene rings is 1. The van der Waals surface area contributed by atoms with Crippen LogP contribution in [0.25, 0.3) is 6.08 Å². The first-order valence-electron chi connectivity index (χ1n) is 8.00. The molecule has 1 N–H and O–H groups in total. The number of nitrogens with one attached hydrogen (secondary N) is 1. The van der Waals surface area contributed by atoms with E-state index >= 15 is 0 Å². The van der Waals surface area contributed by atoms with Gasteiger partial charge in [-0.25, -0.2) is 0 Å². The Bertz CT molecular complexity index is 480. The fourth-order valence-corrected chi connectivity index (χ4v) is 1.69. The van der Waals surface area contributed by atoms with Crippen LogP contribution >= 0.6 is 0 Å². The predicted molar refractivity (Wildman–Crippen MR) is 95.0 cm³/mol. The van der Waals surface area contributed by atoms with Gasteiger partial charge in [-0.2, -0.15) is 0 Å². The van der Waals surface area contributed by atoms with Gasteiger partial charge in [0.15, 0.2) is 0 Å². The van der Waals surface area contributed by atoms with Crippen molar-refractivity contribution in [3.8, 4) is 0 Å². The van der Waals surface area contributed by atoms with Crippen LogP contribution in [-0.2, 0) is 20.7 Å². The molecule has 4 heteroatoms. The lowest BCUT2D eigenvalue weighted by Gasteiger charge is -2.11. The van der Waals surface area contributed by atoms with E-state index in [0.717, 1.165) is 30.4 Å². The van der Waals surface area contributed by atoms with Gasteiger partial charge in [0.1, 0.15) is 0 Å². The van der Waals surface area contributed by atoms with Crippen LogP contribution in [0.5, 0.6) is 0 Å². The molecule has 0 bridgehead atoms. The number of carbonyl (C=O) groups is 2. The van der Waals surface area contributed by atoms with Crippen molar-refractivity contribution in [2.24, 2.45) is 5.92 Å². The van der Waals surface area contributed by atoms with E-state index in [2.05, 4.69) is 18.8 Å². The summed E-state index contributed by atoms with van der Waals surface area (Å²) in [4.78, 5) is 21.4. The van der Waals surface area contributed by atoms with Crippen molar-refractivity contribution in [2.75, 3.05) is 13.7 Å². The van der Waals surface area contributed by atoms with Gasteiger partial charge in [0, 0.05) is 14.0 Å². The maximum Gasteiger partial charge on any atom is 0.308 e. The number of hydrogen-bond acceptors (Lipinski definition) is 3. The Kier molecular flexibility index (Phi) is 11.3. The normalized spacial score (nSPS) is 10.8. The minimum absolute atomic E-state index is 0.00463. The van der Waals surface area contributed by atoms with Crippen LogP contribution in [0.2, 0.25) is 0 Å². The zero-order chi connectivity index (χ0) is 17.7. The SMILES string of the molecule is C=Cc1ccc(CC(C)C(=O)OCCCC)cc1.CNC(C)=O. The molecule has 4 nitrogen and oxygen atoms in total. The third-order valence-electron chi connectivity index (χ3n) is 3.25. The highest BCUT2D eigenvalue weighted by Crippen LogP contribution is 2.12. The Hall–Kier alpha value is -2.10. The first kappa shape index (κ1) is 20.9. The quantitative estimate of drug-likeness (QED) is 0.617. The van der Waals surface area contributed by atoms with Crippen LogP contribution in [0.15, 0.2) is 30.8 Å². The molecule has 1 amide bonds. The van der Waals surface area contributed by atoms with Crippen molar-refractivity contribution in [1.82, 2.24) is 5.32 Å². The molecule has 1 aromatic carbocycles. The summed E-state index contributed by atoms with van der Waals surface area (Å²) in [6.07, 6.45) is 4.52. The number of hydrogen-bond donors (Lipinski definition) is 1. The van der Waals surface area contributed by atoms with E-state index in [1.165, 1.54) is 6.92 Å². The highest BCUT2D eigenvalue weighted by Gasteiger charge is 2.14. The van der Waals surface area contributed by atoms with Gasteiger partial charge < -0.3 is 10.1 Å². The molecule has 0 saturated heterocycles. The first-order valence-corrected chi connectivity index (χ1v) is 8.00. The van der Waals surface area contributed by atoms with E-state index < -0.39 is 0 Å². The van der Waals surface area contributed by atoms with Crippen LogP contribution in [0, 0.1) is 5.92 Å². The van der Waals surface area contributed by atoms with E-state index in [9.17, 15) is 9.59 Å². The molecule has 0 aromatic heterocycles. The molecular formula is C19H29NO3. The molecule has 0 aliphatic heterocycles. The Balaban J connectivity index is 0.000000841. The van der Waals surface area contributed by atoms with Gasteiger partial charge in [-0.3, -0.25) is 9.59 Å². The summed E-state index contributed by atoms with van der Waals surface area (Å²) >= 11 is 0. The van der Waals surface area contributed by atoms with Gasteiger partial charge in [0.2, 0.25) is 5.91 Å². The summed E-state index contributed by atoms with van der Waals surface area (Å²) in [5.74, 6) is -0.183. The van der Waals surface area contributed by atoms with Gasteiger partial charge in [0.05, 0.1) is 12.5 Å². The highest BCUT2D eigenvalue weighted by atomic mass is 16.5. The second-order valence-corrected chi connectivity index (χ2v) is 5.38. The summed E-state index contributed by atoms with van der Waals surface area (Å²) in [5.41, 5.74) is 2.25. The number of unbranched alkanes of at least 4 members (excludes halogenated alkanes) is 1. The highest BCUT2D eigenvalue weighted by molar-refractivity contribution is 5.72.